The first-order chi connectivity index (χ1) is 13.0. The highest BCUT2D eigenvalue weighted by atomic mass is 16.4. The van der Waals surface area contributed by atoms with E-state index in [2.05, 4.69) is 29.6 Å². The zero-order valence-electron chi connectivity index (χ0n) is 17.0. The standard InChI is InChI=1S/C22H39NO4/c1-20(24)17-15-13-11-9-7-5-3-2-4-6-8-10-12-14-16-18-21(25)23-19-22(26)27/h9-12,20,24H,2-8,13-19H2,1H3,(H,23,25)(H,26,27)/b11-9-,12-10-/t20-/m0/s1. The average Bonchev–Trinajstić information content (AvgIpc) is 2.62. The van der Waals surface area contributed by atoms with Crippen molar-refractivity contribution < 1.29 is 19.8 Å². The van der Waals surface area contributed by atoms with E-state index in [0.29, 0.717) is 6.42 Å². The number of carbonyl (C=O) groups excluding carboxylic acids is 1. The van der Waals surface area contributed by atoms with Gasteiger partial charge in [-0.15, -0.1) is 0 Å². The van der Waals surface area contributed by atoms with Gasteiger partial charge in [-0.05, 0) is 64.7 Å². The Hall–Kier alpha value is -1.62. The Bertz CT molecular complexity index is 430. The number of aliphatic carboxylic acids is 1. The molecule has 5 heteroatoms. The maximum absolute atomic E-state index is 11.3. The molecule has 0 saturated carbocycles. The molecule has 0 radical (unpaired) electrons. The quantitative estimate of drug-likeness (QED) is 0.236. The van der Waals surface area contributed by atoms with Gasteiger partial charge in [0.2, 0.25) is 5.91 Å². The van der Waals surface area contributed by atoms with Crippen molar-refractivity contribution in [2.24, 2.45) is 0 Å². The highest BCUT2D eigenvalue weighted by Crippen LogP contribution is 2.09. The number of aliphatic hydroxyl groups excluding tert-OH is 1. The number of nitrogens with one attached hydrogen (secondary N) is 1. The van der Waals surface area contributed by atoms with Crippen molar-refractivity contribution in [1.82, 2.24) is 5.32 Å². The first kappa shape index (κ1) is 25.4. The lowest BCUT2D eigenvalue weighted by molar-refractivity contribution is -0.137. The van der Waals surface area contributed by atoms with E-state index in [9.17, 15) is 9.59 Å². The number of carbonyl (C=O) groups is 2. The molecule has 0 saturated heterocycles. The molecule has 3 N–H and O–H groups in total. The molecule has 0 fully saturated rings. The number of carboxylic acid groups (broad SMARTS) is 1. The van der Waals surface area contributed by atoms with E-state index in [1.807, 2.05) is 6.92 Å². The third-order valence-electron chi connectivity index (χ3n) is 4.28. The van der Waals surface area contributed by atoms with Crippen molar-refractivity contribution in [2.45, 2.75) is 96.5 Å². The van der Waals surface area contributed by atoms with Crippen molar-refractivity contribution in [3.8, 4) is 0 Å². The summed E-state index contributed by atoms with van der Waals surface area (Å²) in [6.07, 6.45) is 22.2. The van der Waals surface area contributed by atoms with Crippen LogP contribution in [0.3, 0.4) is 0 Å². The van der Waals surface area contributed by atoms with E-state index < -0.39 is 5.97 Å². The number of aliphatic hydroxyl groups is 1. The number of hydrogen-bond donors (Lipinski definition) is 3. The summed E-state index contributed by atoms with van der Waals surface area (Å²) in [6, 6.07) is 0. The molecular formula is C22H39NO4. The van der Waals surface area contributed by atoms with Crippen LogP contribution < -0.4 is 5.32 Å². The molecule has 0 aromatic heterocycles. The van der Waals surface area contributed by atoms with Crippen LogP contribution in [-0.2, 0) is 9.59 Å². The summed E-state index contributed by atoms with van der Waals surface area (Å²) < 4.78 is 0. The Balaban J connectivity index is 3.28. The summed E-state index contributed by atoms with van der Waals surface area (Å²) in [5.41, 5.74) is 0. The lowest BCUT2D eigenvalue weighted by Crippen LogP contribution is -2.28. The Morgan fingerprint density at radius 2 is 1.30 bits per heavy atom. The Morgan fingerprint density at radius 1 is 0.815 bits per heavy atom. The van der Waals surface area contributed by atoms with E-state index in [1.54, 1.807) is 0 Å². The maximum Gasteiger partial charge on any atom is 0.322 e. The fourth-order valence-electron chi connectivity index (χ4n) is 2.70. The second-order valence-corrected chi connectivity index (χ2v) is 7.13. The van der Waals surface area contributed by atoms with E-state index in [1.165, 1.54) is 32.1 Å². The molecule has 0 unspecified atom stereocenters. The normalized spacial score (nSPS) is 12.7. The van der Waals surface area contributed by atoms with Gasteiger partial charge in [-0.2, -0.15) is 0 Å². The summed E-state index contributed by atoms with van der Waals surface area (Å²) in [5, 5.41) is 20.0. The Labute approximate surface area is 164 Å². The van der Waals surface area contributed by atoms with Crippen LogP contribution in [-0.4, -0.2) is 34.7 Å². The number of hydrogen-bond acceptors (Lipinski definition) is 3. The van der Waals surface area contributed by atoms with Crippen LogP contribution in [0.4, 0.5) is 0 Å². The molecule has 0 aliphatic carbocycles. The fourth-order valence-corrected chi connectivity index (χ4v) is 2.70. The van der Waals surface area contributed by atoms with Crippen molar-refractivity contribution in [3.63, 3.8) is 0 Å². The van der Waals surface area contributed by atoms with Crippen LogP contribution >= 0.6 is 0 Å². The van der Waals surface area contributed by atoms with E-state index in [-0.39, 0.29) is 18.6 Å². The van der Waals surface area contributed by atoms with Gasteiger partial charge < -0.3 is 15.5 Å². The van der Waals surface area contributed by atoms with Gasteiger partial charge in [-0.3, -0.25) is 9.59 Å². The van der Waals surface area contributed by atoms with E-state index in [4.69, 9.17) is 10.2 Å². The SMILES string of the molecule is C[C@H](O)CCC/C=C\CCCCCCC/C=C\CCCC(=O)NCC(=O)O. The molecule has 0 aromatic carbocycles. The Morgan fingerprint density at radius 3 is 1.81 bits per heavy atom. The minimum absolute atomic E-state index is 0.176. The van der Waals surface area contributed by atoms with E-state index in [0.717, 1.165) is 44.9 Å². The number of amides is 1. The summed E-state index contributed by atoms with van der Waals surface area (Å²) in [5.74, 6) is -1.20. The molecule has 0 rings (SSSR count). The molecule has 0 aliphatic heterocycles. The van der Waals surface area contributed by atoms with Crippen LogP contribution in [0.2, 0.25) is 0 Å². The summed E-state index contributed by atoms with van der Waals surface area (Å²) in [6.45, 7) is 1.54. The highest BCUT2D eigenvalue weighted by Gasteiger charge is 2.02. The number of unbranched alkanes of at least 4 members (excludes halogenated alkanes) is 8. The number of carboxylic acids is 1. The van der Waals surface area contributed by atoms with Crippen LogP contribution in [0.25, 0.3) is 0 Å². The van der Waals surface area contributed by atoms with Gasteiger partial charge in [0.05, 0.1) is 6.10 Å². The molecular weight excluding hydrogens is 342 g/mol. The molecule has 0 bridgehead atoms. The van der Waals surface area contributed by atoms with Gasteiger partial charge in [0.1, 0.15) is 6.54 Å². The Kier molecular flexibility index (Phi) is 18.0. The molecule has 1 amide bonds. The third-order valence-corrected chi connectivity index (χ3v) is 4.28. The van der Waals surface area contributed by atoms with Gasteiger partial charge in [0, 0.05) is 6.42 Å². The third kappa shape index (κ3) is 22.3. The maximum atomic E-state index is 11.3. The van der Waals surface area contributed by atoms with Crippen LogP contribution in [0, 0.1) is 0 Å². The fraction of sp³-hybridized carbons (Fsp3) is 0.727. The average molecular weight is 382 g/mol. The van der Waals surface area contributed by atoms with Gasteiger partial charge in [-0.25, -0.2) is 0 Å². The van der Waals surface area contributed by atoms with Crippen molar-refractivity contribution in [2.75, 3.05) is 6.54 Å². The van der Waals surface area contributed by atoms with Gasteiger partial charge in [0.15, 0.2) is 0 Å². The predicted octanol–water partition coefficient (Wildman–Crippen LogP) is 4.75. The molecule has 0 heterocycles. The summed E-state index contributed by atoms with van der Waals surface area (Å²) in [4.78, 5) is 21.6. The lowest BCUT2D eigenvalue weighted by atomic mass is 10.1. The molecule has 156 valence electrons. The van der Waals surface area contributed by atoms with Crippen molar-refractivity contribution >= 4 is 11.9 Å². The zero-order valence-corrected chi connectivity index (χ0v) is 17.0. The minimum atomic E-state index is -1.01. The zero-order chi connectivity index (χ0) is 20.2. The molecule has 0 spiro atoms. The second-order valence-electron chi connectivity index (χ2n) is 7.13. The van der Waals surface area contributed by atoms with Crippen LogP contribution in [0.15, 0.2) is 24.3 Å². The predicted molar refractivity (Wildman–Crippen MR) is 111 cm³/mol. The smallest absolute Gasteiger partial charge is 0.322 e. The summed E-state index contributed by atoms with van der Waals surface area (Å²) >= 11 is 0. The molecule has 1 atom stereocenters. The van der Waals surface area contributed by atoms with Gasteiger partial charge in [0.25, 0.3) is 0 Å². The first-order valence-corrected chi connectivity index (χ1v) is 10.5. The molecule has 27 heavy (non-hydrogen) atoms. The largest absolute Gasteiger partial charge is 0.480 e. The van der Waals surface area contributed by atoms with E-state index >= 15 is 0 Å². The van der Waals surface area contributed by atoms with Crippen LogP contribution in [0.1, 0.15) is 90.4 Å². The van der Waals surface area contributed by atoms with Crippen LogP contribution in [0.5, 0.6) is 0 Å². The first-order valence-electron chi connectivity index (χ1n) is 10.5. The van der Waals surface area contributed by atoms with Crippen molar-refractivity contribution in [3.05, 3.63) is 24.3 Å². The molecule has 0 aliphatic rings. The molecule has 0 aromatic rings. The monoisotopic (exact) mass is 381 g/mol. The topological polar surface area (TPSA) is 86.6 Å². The number of rotatable bonds is 18. The molecule has 5 nitrogen and oxygen atoms in total. The second kappa shape index (κ2) is 19.2. The van der Waals surface area contributed by atoms with Gasteiger partial charge in [-0.1, -0.05) is 43.6 Å². The van der Waals surface area contributed by atoms with Crippen molar-refractivity contribution in [1.29, 1.82) is 0 Å². The highest BCUT2D eigenvalue weighted by molar-refractivity contribution is 5.80. The number of allylic oxidation sites excluding steroid dienone is 4. The minimum Gasteiger partial charge on any atom is -0.480 e. The lowest BCUT2D eigenvalue weighted by Gasteiger charge is -2.01. The van der Waals surface area contributed by atoms with Gasteiger partial charge >= 0.3 is 5.97 Å². The summed E-state index contributed by atoms with van der Waals surface area (Å²) in [7, 11) is 0.